The SMILES string of the molecule is COc1ccc(CC(=O)O)cc1-c1ccc(Cl)cc1. The maximum atomic E-state index is 10.8. The van der Waals surface area contributed by atoms with Gasteiger partial charge in [0.15, 0.2) is 0 Å². The van der Waals surface area contributed by atoms with Crippen molar-refractivity contribution in [1.82, 2.24) is 0 Å². The molecular weight excluding hydrogens is 264 g/mol. The van der Waals surface area contributed by atoms with E-state index in [0.717, 1.165) is 16.7 Å². The van der Waals surface area contributed by atoms with Crippen molar-refractivity contribution in [1.29, 1.82) is 0 Å². The molecule has 0 aliphatic heterocycles. The maximum absolute atomic E-state index is 10.8. The quantitative estimate of drug-likeness (QED) is 0.927. The molecule has 3 nitrogen and oxygen atoms in total. The highest BCUT2D eigenvalue weighted by molar-refractivity contribution is 6.30. The van der Waals surface area contributed by atoms with Crippen LogP contribution in [0.25, 0.3) is 11.1 Å². The first-order chi connectivity index (χ1) is 9.10. The summed E-state index contributed by atoms with van der Waals surface area (Å²) < 4.78 is 5.31. The summed E-state index contributed by atoms with van der Waals surface area (Å²) in [5.41, 5.74) is 2.53. The number of carboxylic acid groups (broad SMARTS) is 1. The number of aliphatic carboxylic acids is 1. The molecule has 0 atom stereocenters. The minimum atomic E-state index is -0.854. The van der Waals surface area contributed by atoms with Crippen LogP contribution in [0.2, 0.25) is 5.02 Å². The van der Waals surface area contributed by atoms with Gasteiger partial charge >= 0.3 is 5.97 Å². The molecule has 0 saturated carbocycles. The Balaban J connectivity index is 2.46. The number of ether oxygens (including phenoxy) is 1. The van der Waals surface area contributed by atoms with Crippen molar-refractivity contribution in [3.05, 3.63) is 53.1 Å². The first kappa shape index (κ1) is 13.4. The Morgan fingerprint density at radius 2 is 1.89 bits per heavy atom. The van der Waals surface area contributed by atoms with E-state index in [4.69, 9.17) is 21.4 Å². The molecule has 0 unspecified atom stereocenters. The molecule has 0 spiro atoms. The molecule has 0 heterocycles. The van der Waals surface area contributed by atoms with Crippen molar-refractivity contribution in [2.45, 2.75) is 6.42 Å². The third-order valence-electron chi connectivity index (χ3n) is 2.77. The first-order valence-corrected chi connectivity index (χ1v) is 6.12. The third-order valence-corrected chi connectivity index (χ3v) is 3.03. The average molecular weight is 277 g/mol. The summed E-state index contributed by atoms with van der Waals surface area (Å²) >= 11 is 5.86. The molecule has 2 rings (SSSR count). The second kappa shape index (κ2) is 5.76. The lowest BCUT2D eigenvalue weighted by Crippen LogP contribution is -2.00. The van der Waals surface area contributed by atoms with Crippen LogP contribution in [0, 0.1) is 0 Å². The van der Waals surface area contributed by atoms with Crippen LogP contribution < -0.4 is 4.74 Å². The van der Waals surface area contributed by atoms with Crippen LogP contribution in [0.3, 0.4) is 0 Å². The van der Waals surface area contributed by atoms with Crippen molar-refractivity contribution < 1.29 is 14.6 Å². The van der Waals surface area contributed by atoms with Gasteiger partial charge < -0.3 is 9.84 Å². The van der Waals surface area contributed by atoms with Crippen LogP contribution in [0.5, 0.6) is 5.75 Å². The largest absolute Gasteiger partial charge is 0.496 e. The second-order valence-corrected chi connectivity index (χ2v) is 4.55. The van der Waals surface area contributed by atoms with Gasteiger partial charge in [-0.2, -0.15) is 0 Å². The first-order valence-electron chi connectivity index (χ1n) is 5.75. The van der Waals surface area contributed by atoms with Gasteiger partial charge in [-0.3, -0.25) is 4.79 Å². The summed E-state index contributed by atoms with van der Waals surface area (Å²) in [6.07, 6.45) is -0.00934. The van der Waals surface area contributed by atoms with Crippen LogP contribution in [0.4, 0.5) is 0 Å². The highest BCUT2D eigenvalue weighted by Gasteiger charge is 2.09. The monoisotopic (exact) mass is 276 g/mol. The van der Waals surface area contributed by atoms with Crippen LogP contribution in [0.15, 0.2) is 42.5 Å². The number of hydrogen-bond donors (Lipinski definition) is 1. The topological polar surface area (TPSA) is 46.5 Å². The van der Waals surface area contributed by atoms with Gasteiger partial charge in [-0.25, -0.2) is 0 Å². The standard InChI is InChI=1S/C15H13ClO3/c1-19-14-7-2-10(9-15(17)18)8-13(14)11-3-5-12(16)6-4-11/h2-8H,9H2,1H3,(H,17,18). The molecular formula is C15H13ClO3. The van der Waals surface area contributed by atoms with Gasteiger partial charge in [0.2, 0.25) is 0 Å². The van der Waals surface area contributed by atoms with E-state index in [9.17, 15) is 4.79 Å². The lowest BCUT2D eigenvalue weighted by Gasteiger charge is -2.10. The molecule has 0 aliphatic rings. The highest BCUT2D eigenvalue weighted by atomic mass is 35.5. The zero-order chi connectivity index (χ0) is 13.8. The number of rotatable bonds is 4. The number of methoxy groups -OCH3 is 1. The van der Waals surface area contributed by atoms with E-state index in [1.807, 2.05) is 18.2 Å². The average Bonchev–Trinajstić information content (AvgIpc) is 2.39. The number of carboxylic acids is 1. The Kier molecular flexibility index (Phi) is 4.07. The van der Waals surface area contributed by atoms with E-state index in [1.165, 1.54) is 0 Å². The number of carbonyl (C=O) groups is 1. The molecule has 2 aromatic rings. The Bertz CT molecular complexity index is 591. The Hall–Kier alpha value is -2.00. The molecule has 4 heteroatoms. The molecule has 98 valence electrons. The fourth-order valence-electron chi connectivity index (χ4n) is 1.89. The molecule has 0 saturated heterocycles. The lowest BCUT2D eigenvalue weighted by molar-refractivity contribution is -0.136. The van der Waals surface area contributed by atoms with Crippen LogP contribution >= 0.6 is 11.6 Å². The highest BCUT2D eigenvalue weighted by Crippen LogP contribution is 2.31. The van der Waals surface area contributed by atoms with E-state index in [1.54, 1.807) is 31.4 Å². The Labute approximate surface area is 116 Å². The van der Waals surface area contributed by atoms with E-state index in [-0.39, 0.29) is 6.42 Å². The van der Waals surface area contributed by atoms with Gasteiger partial charge in [0.1, 0.15) is 5.75 Å². The molecule has 0 radical (unpaired) electrons. The maximum Gasteiger partial charge on any atom is 0.307 e. The van der Waals surface area contributed by atoms with Gasteiger partial charge in [0.25, 0.3) is 0 Å². The number of benzene rings is 2. The predicted octanol–water partition coefficient (Wildman–Crippen LogP) is 3.64. The van der Waals surface area contributed by atoms with Gasteiger partial charge in [-0.1, -0.05) is 29.8 Å². The van der Waals surface area contributed by atoms with E-state index in [2.05, 4.69) is 0 Å². The van der Waals surface area contributed by atoms with Gasteiger partial charge in [-0.15, -0.1) is 0 Å². The zero-order valence-electron chi connectivity index (χ0n) is 10.4. The van der Waals surface area contributed by atoms with Crippen LogP contribution in [0.1, 0.15) is 5.56 Å². The Morgan fingerprint density at radius 1 is 1.21 bits per heavy atom. The van der Waals surface area contributed by atoms with Crippen molar-refractivity contribution in [3.8, 4) is 16.9 Å². The minimum Gasteiger partial charge on any atom is -0.496 e. The molecule has 19 heavy (non-hydrogen) atoms. The second-order valence-electron chi connectivity index (χ2n) is 4.11. The number of hydrogen-bond acceptors (Lipinski definition) is 2. The predicted molar refractivity (Wildman–Crippen MR) is 74.8 cm³/mol. The van der Waals surface area contributed by atoms with Crippen molar-refractivity contribution in [2.24, 2.45) is 0 Å². The van der Waals surface area contributed by atoms with E-state index in [0.29, 0.717) is 10.8 Å². The fourth-order valence-corrected chi connectivity index (χ4v) is 2.02. The van der Waals surface area contributed by atoms with Crippen LogP contribution in [-0.2, 0) is 11.2 Å². The lowest BCUT2D eigenvalue weighted by atomic mass is 10.0. The molecule has 0 bridgehead atoms. The zero-order valence-corrected chi connectivity index (χ0v) is 11.1. The van der Waals surface area contributed by atoms with Crippen molar-refractivity contribution >= 4 is 17.6 Å². The summed E-state index contributed by atoms with van der Waals surface area (Å²) in [6, 6.07) is 12.7. The summed E-state index contributed by atoms with van der Waals surface area (Å²) in [5.74, 6) is -0.149. The molecule has 0 aliphatic carbocycles. The van der Waals surface area contributed by atoms with Crippen molar-refractivity contribution in [2.75, 3.05) is 7.11 Å². The summed E-state index contributed by atoms with van der Waals surface area (Å²) in [4.78, 5) is 10.8. The smallest absolute Gasteiger partial charge is 0.307 e. The van der Waals surface area contributed by atoms with Crippen molar-refractivity contribution in [3.63, 3.8) is 0 Å². The Morgan fingerprint density at radius 3 is 2.47 bits per heavy atom. The van der Waals surface area contributed by atoms with E-state index >= 15 is 0 Å². The minimum absolute atomic E-state index is 0.00934. The van der Waals surface area contributed by atoms with Gasteiger partial charge in [0.05, 0.1) is 13.5 Å². The number of halogens is 1. The van der Waals surface area contributed by atoms with Gasteiger partial charge in [-0.05, 0) is 35.4 Å². The molecule has 0 aromatic heterocycles. The third kappa shape index (κ3) is 3.26. The normalized spacial score (nSPS) is 10.2. The summed E-state index contributed by atoms with van der Waals surface area (Å²) in [7, 11) is 1.59. The van der Waals surface area contributed by atoms with E-state index < -0.39 is 5.97 Å². The fraction of sp³-hybridized carbons (Fsp3) is 0.133. The summed E-state index contributed by atoms with van der Waals surface area (Å²) in [5, 5.41) is 9.50. The van der Waals surface area contributed by atoms with Gasteiger partial charge in [0, 0.05) is 10.6 Å². The molecule has 0 amide bonds. The molecule has 1 N–H and O–H groups in total. The molecule has 0 fully saturated rings. The summed E-state index contributed by atoms with van der Waals surface area (Å²) in [6.45, 7) is 0. The molecule has 2 aromatic carbocycles. The van der Waals surface area contributed by atoms with Crippen LogP contribution in [-0.4, -0.2) is 18.2 Å².